The molecule has 1 aliphatic heterocycles. The van der Waals surface area contributed by atoms with Crippen LogP contribution in [0.15, 0.2) is 24.5 Å². The zero-order valence-corrected chi connectivity index (χ0v) is 12.4. The number of halogens is 1. The molecule has 4 nitrogen and oxygen atoms in total. The van der Waals surface area contributed by atoms with Crippen LogP contribution in [0.1, 0.15) is 31.2 Å². The van der Waals surface area contributed by atoms with Crippen molar-refractivity contribution in [1.29, 1.82) is 0 Å². The first-order valence-electron chi connectivity index (χ1n) is 7.24. The average molecular weight is 296 g/mol. The van der Waals surface area contributed by atoms with Gasteiger partial charge in [0.1, 0.15) is 0 Å². The molecule has 0 unspecified atom stereocenters. The van der Waals surface area contributed by atoms with Crippen LogP contribution in [-0.4, -0.2) is 34.9 Å². The average Bonchev–Trinajstić information content (AvgIpc) is 3.31. The maximum Gasteiger partial charge on any atom is 0.226 e. The standard InChI is InChI=1S/C15H21N3O.ClH/c19-15(13-5-9-17-10-6-13)18(14-1-2-14)11-12-3-7-16-8-4-12;/h3-4,7-8,13-14,17H,1-2,5-6,9-11H2;1H. The van der Waals surface area contributed by atoms with Crippen molar-refractivity contribution in [2.75, 3.05) is 13.1 Å². The molecule has 1 aliphatic carbocycles. The van der Waals surface area contributed by atoms with Crippen molar-refractivity contribution in [3.63, 3.8) is 0 Å². The fourth-order valence-corrected chi connectivity index (χ4v) is 2.76. The third-order valence-corrected chi connectivity index (χ3v) is 4.06. The number of hydrogen-bond donors (Lipinski definition) is 1. The summed E-state index contributed by atoms with van der Waals surface area (Å²) in [6.45, 7) is 2.70. The molecular formula is C15H22ClN3O. The van der Waals surface area contributed by atoms with Crippen molar-refractivity contribution < 1.29 is 4.79 Å². The molecule has 0 atom stereocenters. The van der Waals surface area contributed by atoms with E-state index in [1.165, 1.54) is 18.4 Å². The molecule has 0 spiro atoms. The van der Waals surface area contributed by atoms with E-state index >= 15 is 0 Å². The van der Waals surface area contributed by atoms with Gasteiger partial charge in [-0.3, -0.25) is 9.78 Å². The first-order chi connectivity index (χ1) is 9.34. The Kier molecular flexibility index (Phi) is 5.38. The highest BCUT2D eigenvalue weighted by molar-refractivity contribution is 5.85. The number of hydrogen-bond acceptors (Lipinski definition) is 3. The number of rotatable bonds is 4. The van der Waals surface area contributed by atoms with Crippen molar-refractivity contribution in [3.8, 4) is 0 Å². The molecule has 1 saturated heterocycles. The topological polar surface area (TPSA) is 45.2 Å². The summed E-state index contributed by atoms with van der Waals surface area (Å²) in [6, 6.07) is 4.49. The number of piperidine rings is 1. The quantitative estimate of drug-likeness (QED) is 0.924. The lowest BCUT2D eigenvalue weighted by Gasteiger charge is -2.29. The number of pyridine rings is 1. The number of nitrogens with one attached hydrogen (secondary N) is 1. The van der Waals surface area contributed by atoms with Crippen LogP contribution in [-0.2, 0) is 11.3 Å². The van der Waals surface area contributed by atoms with Crippen LogP contribution < -0.4 is 5.32 Å². The van der Waals surface area contributed by atoms with E-state index in [0.29, 0.717) is 11.9 Å². The highest BCUT2D eigenvalue weighted by atomic mass is 35.5. The lowest BCUT2D eigenvalue weighted by molar-refractivity contribution is -0.137. The molecule has 2 heterocycles. The van der Waals surface area contributed by atoms with Crippen LogP contribution in [0.4, 0.5) is 0 Å². The molecule has 0 bridgehead atoms. The lowest BCUT2D eigenvalue weighted by Crippen LogP contribution is -2.41. The van der Waals surface area contributed by atoms with Crippen molar-refractivity contribution in [2.45, 2.75) is 38.3 Å². The Balaban J connectivity index is 0.00000147. The maximum atomic E-state index is 12.7. The Morgan fingerprint density at radius 3 is 2.45 bits per heavy atom. The van der Waals surface area contributed by atoms with Crippen molar-refractivity contribution in [3.05, 3.63) is 30.1 Å². The maximum absolute atomic E-state index is 12.7. The summed E-state index contributed by atoms with van der Waals surface area (Å²) in [5, 5.41) is 3.32. The van der Waals surface area contributed by atoms with Gasteiger partial charge in [-0.1, -0.05) is 0 Å². The lowest BCUT2D eigenvalue weighted by atomic mass is 9.96. The minimum absolute atomic E-state index is 0. The SMILES string of the molecule is Cl.O=C(C1CCNCC1)N(Cc1ccncc1)C1CC1. The molecule has 1 aromatic heterocycles. The summed E-state index contributed by atoms with van der Waals surface area (Å²) < 4.78 is 0. The Morgan fingerprint density at radius 1 is 1.20 bits per heavy atom. The van der Waals surface area contributed by atoms with Gasteiger partial charge >= 0.3 is 0 Å². The predicted octanol–water partition coefficient (Wildman–Crippen LogP) is 1.99. The number of carbonyl (C=O) groups is 1. The predicted molar refractivity (Wildman–Crippen MR) is 80.7 cm³/mol. The van der Waals surface area contributed by atoms with E-state index in [1.807, 2.05) is 12.1 Å². The van der Waals surface area contributed by atoms with Gasteiger partial charge in [0.05, 0.1) is 0 Å². The molecule has 5 heteroatoms. The Labute approximate surface area is 126 Å². The van der Waals surface area contributed by atoms with Crippen LogP contribution in [0.5, 0.6) is 0 Å². The van der Waals surface area contributed by atoms with Crippen molar-refractivity contribution >= 4 is 18.3 Å². The van der Waals surface area contributed by atoms with Gasteiger partial charge in [0.25, 0.3) is 0 Å². The fourth-order valence-electron chi connectivity index (χ4n) is 2.76. The zero-order valence-electron chi connectivity index (χ0n) is 11.6. The van der Waals surface area contributed by atoms with Crippen LogP contribution in [0.25, 0.3) is 0 Å². The highest BCUT2D eigenvalue weighted by Crippen LogP contribution is 2.31. The first kappa shape index (κ1) is 15.3. The largest absolute Gasteiger partial charge is 0.335 e. The molecule has 2 fully saturated rings. The van der Waals surface area contributed by atoms with E-state index in [2.05, 4.69) is 15.2 Å². The van der Waals surface area contributed by atoms with Crippen LogP contribution >= 0.6 is 12.4 Å². The summed E-state index contributed by atoms with van der Waals surface area (Å²) in [6.07, 6.45) is 7.91. The second-order valence-electron chi connectivity index (χ2n) is 5.58. The van der Waals surface area contributed by atoms with Gasteiger partial charge in [0.15, 0.2) is 0 Å². The van der Waals surface area contributed by atoms with E-state index < -0.39 is 0 Å². The van der Waals surface area contributed by atoms with Gasteiger partial charge in [-0.05, 0) is 56.5 Å². The van der Waals surface area contributed by atoms with E-state index in [1.54, 1.807) is 12.4 Å². The van der Waals surface area contributed by atoms with Gasteiger partial charge in [-0.2, -0.15) is 0 Å². The number of aromatic nitrogens is 1. The van der Waals surface area contributed by atoms with Gasteiger partial charge in [-0.15, -0.1) is 12.4 Å². The molecule has 2 aliphatic rings. The third-order valence-electron chi connectivity index (χ3n) is 4.06. The minimum atomic E-state index is 0. The molecule has 20 heavy (non-hydrogen) atoms. The molecule has 0 radical (unpaired) electrons. The van der Waals surface area contributed by atoms with E-state index in [4.69, 9.17) is 0 Å². The van der Waals surface area contributed by atoms with Gasteiger partial charge in [-0.25, -0.2) is 0 Å². The normalized spacial score (nSPS) is 19.2. The summed E-state index contributed by atoms with van der Waals surface area (Å²) >= 11 is 0. The van der Waals surface area contributed by atoms with Crippen LogP contribution in [0.3, 0.4) is 0 Å². The van der Waals surface area contributed by atoms with E-state index in [0.717, 1.165) is 32.5 Å². The molecule has 1 saturated carbocycles. The monoisotopic (exact) mass is 295 g/mol. The molecule has 0 aromatic carbocycles. The molecule has 110 valence electrons. The summed E-state index contributed by atoms with van der Waals surface area (Å²) in [5.41, 5.74) is 1.18. The number of nitrogens with zero attached hydrogens (tertiary/aromatic N) is 2. The van der Waals surface area contributed by atoms with Crippen molar-refractivity contribution in [1.82, 2.24) is 15.2 Å². The number of amides is 1. The Hall–Kier alpha value is -1.13. The van der Waals surface area contributed by atoms with Crippen LogP contribution in [0, 0.1) is 5.92 Å². The van der Waals surface area contributed by atoms with Crippen LogP contribution in [0.2, 0.25) is 0 Å². The molecule has 1 aromatic rings. The second kappa shape index (κ2) is 7.04. The van der Waals surface area contributed by atoms with E-state index in [-0.39, 0.29) is 18.3 Å². The summed E-state index contributed by atoms with van der Waals surface area (Å²) in [7, 11) is 0. The smallest absolute Gasteiger partial charge is 0.226 e. The van der Waals surface area contributed by atoms with E-state index in [9.17, 15) is 4.79 Å². The second-order valence-corrected chi connectivity index (χ2v) is 5.58. The molecule has 1 amide bonds. The summed E-state index contributed by atoms with van der Waals surface area (Å²) in [5.74, 6) is 0.587. The first-order valence-corrected chi connectivity index (χ1v) is 7.24. The molecular weight excluding hydrogens is 274 g/mol. The fraction of sp³-hybridized carbons (Fsp3) is 0.600. The van der Waals surface area contributed by atoms with Gasteiger partial charge in [0, 0.05) is 30.9 Å². The Morgan fingerprint density at radius 2 is 1.85 bits per heavy atom. The highest BCUT2D eigenvalue weighted by Gasteiger charge is 2.35. The third kappa shape index (κ3) is 3.70. The van der Waals surface area contributed by atoms with Crippen molar-refractivity contribution in [2.24, 2.45) is 5.92 Å². The van der Waals surface area contributed by atoms with Gasteiger partial charge in [0.2, 0.25) is 5.91 Å². The minimum Gasteiger partial charge on any atom is -0.335 e. The summed E-state index contributed by atoms with van der Waals surface area (Å²) in [4.78, 5) is 18.8. The Bertz CT molecular complexity index is 430. The zero-order chi connectivity index (χ0) is 13.1. The molecule has 3 rings (SSSR count). The van der Waals surface area contributed by atoms with Gasteiger partial charge < -0.3 is 10.2 Å². The molecule has 1 N–H and O–H groups in total. The number of carbonyl (C=O) groups excluding carboxylic acids is 1.